The summed E-state index contributed by atoms with van der Waals surface area (Å²) in [5, 5.41) is 4.30. The zero-order valence-corrected chi connectivity index (χ0v) is 17.3. The quantitative estimate of drug-likeness (QED) is 0.463. The molecule has 8 nitrogen and oxygen atoms in total. The van der Waals surface area contributed by atoms with Crippen LogP contribution in [0.15, 0.2) is 59.1 Å². The molecule has 2 aromatic carbocycles. The van der Waals surface area contributed by atoms with E-state index in [1.54, 1.807) is 43.3 Å². The van der Waals surface area contributed by atoms with Gasteiger partial charge in [-0.2, -0.15) is 0 Å². The third-order valence-electron chi connectivity index (χ3n) is 4.72. The fourth-order valence-corrected chi connectivity index (χ4v) is 3.16. The van der Waals surface area contributed by atoms with Crippen molar-refractivity contribution in [3.63, 3.8) is 0 Å². The molecular weight excluding hydrogens is 415 g/mol. The summed E-state index contributed by atoms with van der Waals surface area (Å²) in [5.74, 6) is -0.817. The van der Waals surface area contributed by atoms with E-state index in [0.717, 1.165) is 0 Å². The van der Waals surface area contributed by atoms with Gasteiger partial charge in [-0.05, 0) is 68.4 Å². The standard InChI is InChI=1S/C23H19FN4O4/c1-3-31-17-10-6-15(7-11-17)21(29)26-27-22(30)18-12-19(14-4-8-16(24)9-5-14)25-23-20(18)13(2)28-32-23/h4-12H,3H2,1-2H3,(H,26,29)(H,27,30). The van der Waals surface area contributed by atoms with Crippen molar-refractivity contribution in [3.8, 4) is 17.0 Å². The molecule has 162 valence electrons. The predicted molar refractivity (Wildman–Crippen MR) is 114 cm³/mol. The number of halogens is 1. The molecular formula is C23H19FN4O4. The van der Waals surface area contributed by atoms with Crippen LogP contribution in [0.1, 0.15) is 33.3 Å². The SMILES string of the molecule is CCOc1ccc(C(=O)NNC(=O)c2cc(-c3ccc(F)cc3)nc3onc(C)c23)cc1. The summed E-state index contributed by atoms with van der Waals surface area (Å²) in [7, 11) is 0. The molecule has 9 heteroatoms. The molecule has 0 unspecified atom stereocenters. The fourth-order valence-electron chi connectivity index (χ4n) is 3.16. The van der Waals surface area contributed by atoms with E-state index >= 15 is 0 Å². The number of amides is 2. The van der Waals surface area contributed by atoms with Gasteiger partial charge >= 0.3 is 0 Å². The van der Waals surface area contributed by atoms with Crippen molar-refractivity contribution in [2.75, 3.05) is 6.61 Å². The number of rotatable bonds is 5. The second-order valence-electron chi connectivity index (χ2n) is 6.88. The predicted octanol–water partition coefficient (Wildman–Crippen LogP) is 3.81. The van der Waals surface area contributed by atoms with Crippen LogP contribution in [0, 0.1) is 12.7 Å². The van der Waals surface area contributed by atoms with Crippen molar-refractivity contribution in [1.29, 1.82) is 0 Å². The number of hydrogen-bond donors (Lipinski definition) is 2. The Morgan fingerprint density at radius 1 is 1.03 bits per heavy atom. The van der Waals surface area contributed by atoms with E-state index in [4.69, 9.17) is 9.26 Å². The minimum Gasteiger partial charge on any atom is -0.494 e. The highest BCUT2D eigenvalue weighted by molar-refractivity contribution is 6.08. The monoisotopic (exact) mass is 434 g/mol. The van der Waals surface area contributed by atoms with Crippen molar-refractivity contribution in [3.05, 3.63) is 77.2 Å². The zero-order valence-electron chi connectivity index (χ0n) is 17.3. The highest BCUT2D eigenvalue weighted by Crippen LogP contribution is 2.27. The Morgan fingerprint density at radius 3 is 2.41 bits per heavy atom. The topological polar surface area (TPSA) is 106 Å². The Kier molecular flexibility index (Phi) is 5.80. The lowest BCUT2D eigenvalue weighted by Crippen LogP contribution is -2.41. The van der Waals surface area contributed by atoms with Gasteiger partial charge in [0, 0.05) is 11.1 Å². The van der Waals surface area contributed by atoms with Crippen LogP contribution >= 0.6 is 0 Å². The molecule has 0 saturated carbocycles. The van der Waals surface area contributed by atoms with Crippen molar-refractivity contribution >= 4 is 22.9 Å². The Hall–Kier alpha value is -4.27. The van der Waals surface area contributed by atoms with Crippen LogP contribution in [0.3, 0.4) is 0 Å². The maximum atomic E-state index is 13.3. The van der Waals surface area contributed by atoms with Crippen molar-refractivity contribution in [2.45, 2.75) is 13.8 Å². The smallest absolute Gasteiger partial charge is 0.270 e. The second-order valence-corrected chi connectivity index (χ2v) is 6.88. The maximum absolute atomic E-state index is 13.3. The first-order valence-corrected chi connectivity index (χ1v) is 9.82. The Morgan fingerprint density at radius 2 is 1.72 bits per heavy atom. The number of fused-ring (bicyclic) bond motifs is 1. The summed E-state index contributed by atoms with van der Waals surface area (Å²) in [6, 6.07) is 13.7. The largest absolute Gasteiger partial charge is 0.494 e. The first-order chi connectivity index (χ1) is 15.5. The maximum Gasteiger partial charge on any atom is 0.270 e. The van der Waals surface area contributed by atoms with Crippen LogP contribution in [-0.4, -0.2) is 28.6 Å². The van der Waals surface area contributed by atoms with Crippen molar-refractivity contribution in [1.82, 2.24) is 21.0 Å². The molecule has 0 saturated heterocycles. The molecule has 4 rings (SSSR count). The summed E-state index contributed by atoms with van der Waals surface area (Å²) in [5.41, 5.74) is 6.98. The first-order valence-electron chi connectivity index (χ1n) is 9.82. The molecule has 0 aliphatic heterocycles. The molecule has 4 aromatic rings. The van der Waals surface area contributed by atoms with Crippen molar-refractivity contribution < 1.29 is 23.2 Å². The number of carbonyl (C=O) groups excluding carboxylic acids is 2. The fraction of sp³-hybridized carbons (Fsp3) is 0.130. The van der Waals surface area contributed by atoms with Crippen LogP contribution in [-0.2, 0) is 0 Å². The third kappa shape index (κ3) is 4.27. The van der Waals surface area contributed by atoms with Gasteiger partial charge < -0.3 is 9.26 Å². The van der Waals surface area contributed by atoms with Crippen LogP contribution < -0.4 is 15.6 Å². The van der Waals surface area contributed by atoms with Crippen molar-refractivity contribution in [2.24, 2.45) is 0 Å². The third-order valence-corrected chi connectivity index (χ3v) is 4.72. The Balaban J connectivity index is 1.57. The number of carbonyl (C=O) groups is 2. The van der Waals surface area contributed by atoms with E-state index < -0.39 is 11.8 Å². The van der Waals surface area contributed by atoms with Gasteiger partial charge in [-0.3, -0.25) is 20.4 Å². The summed E-state index contributed by atoms with van der Waals surface area (Å²) in [6.45, 7) is 4.07. The molecule has 0 aliphatic rings. The average Bonchev–Trinajstić information content (AvgIpc) is 3.18. The highest BCUT2D eigenvalue weighted by atomic mass is 19.1. The molecule has 0 atom stereocenters. The number of hydrogen-bond acceptors (Lipinski definition) is 6. The van der Waals surface area contributed by atoms with E-state index in [9.17, 15) is 14.0 Å². The minimum atomic E-state index is -0.577. The van der Waals surface area contributed by atoms with Gasteiger partial charge in [-0.1, -0.05) is 5.16 Å². The number of ether oxygens (including phenoxy) is 1. The van der Waals surface area contributed by atoms with Crippen LogP contribution in [0.25, 0.3) is 22.4 Å². The minimum absolute atomic E-state index is 0.160. The zero-order chi connectivity index (χ0) is 22.7. The van der Waals surface area contributed by atoms with Crippen LogP contribution in [0.2, 0.25) is 0 Å². The number of aromatic nitrogens is 2. The van der Waals surface area contributed by atoms with Gasteiger partial charge in [0.05, 0.1) is 28.9 Å². The molecule has 0 fully saturated rings. The molecule has 2 aromatic heterocycles. The molecule has 0 spiro atoms. The van der Waals surface area contributed by atoms with Gasteiger partial charge in [-0.25, -0.2) is 9.37 Å². The van der Waals surface area contributed by atoms with E-state index in [-0.39, 0.29) is 17.1 Å². The number of pyridine rings is 1. The molecule has 0 radical (unpaired) electrons. The van der Waals surface area contributed by atoms with Gasteiger partial charge in [0.25, 0.3) is 17.5 Å². The lowest BCUT2D eigenvalue weighted by molar-refractivity contribution is 0.0847. The second kappa shape index (κ2) is 8.84. The first kappa shape index (κ1) is 21.0. The molecule has 2 N–H and O–H groups in total. The molecule has 2 heterocycles. The summed E-state index contributed by atoms with van der Waals surface area (Å²) in [6.07, 6.45) is 0. The summed E-state index contributed by atoms with van der Waals surface area (Å²) in [4.78, 5) is 29.7. The molecule has 0 aliphatic carbocycles. The molecule has 0 bridgehead atoms. The van der Waals surface area contributed by atoms with Gasteiger partial charge in [0.2, 0.25) is 0 Å². The van der Waals surface area contributed by atoms with Gasteiger partial charge in [-0.15, -0.1) is 0 Å². The van der Waals surface area contributed by atoms with Crippen LogP contribution in [0.5, 0.6) is 5.75 Å². The molecule has 32 heavy (non-hydrogen) atoms. The highest BCUT2D eigenvalue weighted by Gasteiger charge is 2.20. The van der Waals surface area contributed by atoms with Gasteiger partial charge in [0.15, 0.2) is 0 Å². The number of nitrogens with one attached hydrogen (secondary N) is 2. The Bertz CT molecular complexity index is 1280. The van der Waals surface area contributed by atoms with Gasteiger partial charge in [0.1, 0.15) is 11.6 Å². The normalized spacial score (nSPS) is 10.7. The van der Waals surface area contributed by atoms with E-state index in [2.05, 4.69) is 21.0 Å². The average molecular weight is 434 g/mol. The number of nitrogens with zero attached hydrogens (tertiary/aromatic N) is 2. The number of aryl methyl sites for hydroxylation is 1. The summed E-state index contributed by atoms with van der Waals surface area (Å²) >= 11 is 0. The lowest BCUT2D eigenvalue weighted by Gasteiger charge is -2.10. The number of benzene rings is 2. The van der Waals surface area contributed by atoms with E-state index in [0.29, 0.717) is 40.3 Å². The summed E-state index contributed by atoms with van der Waals surface area (Å²) < 4.78 is 23.9. The van der Waals surface area contributed by atoms with Crippen LogP contribution in [0.4, 0.5) is 4.39 Å². The van der Waals surface area contributed by atoms with E-state index in [1.165, 1.54) is 18.2 Å². The Labute approximate surface area is 182 Å². The van der Waals surface area contributed by atoms with E-state index in [1.807, 2.05) is 6.92 Å². The lowest BCUT2D eigenvalue weighted by atomic mass is 10.1. The number of hydrazine groups is 1. The molecule has 2 amide bonds.